The molecule has 1 N–H and O–H groups in total. The maximum Gasteiger partial charge on any atom is 0.282 e. The lowest BCUT2D eigenvalue weighted by Gasteiger charge is -2.08. The molecule has 0 bridgehead atoms. The number of aromatic hydroxyl groups is 1. The van der Waals surface area contributed by atoms with Gasteiger partial charge in [0.2, 0.25) is 5.88 Å². The molecule has 0 spiro atoms. The van der Waals surface area contributed by atoms with Gasteiger partial charge < -0.3 is 9.84 Å². The summed E-state index contributed by atoms with van der Waals surface area (Å²) in [6.45, 7) is 1.88. The van der Waals surface area contributed by atoms with Gasteiger partial charge in [0.15, 0.2) is 5.82 Å². The highest BCUT2D eigenvalue weighted by molar-refractivity contribution is 5.84. The Labute approximate surface area is 166 Å². The zero-order chi connectivity index (χ0) is 20.4. The number of para-hydroxylation sites is 2. The summed E-state index contributed by atoms with van der Waals surface area (Å²) in [5, 5.41) is 19.8. The Balaban J connectivity index is 1.82. The van der Waals surface area contributed by atoms with Crippen LogP contribution in [0.25, 0.3) is 16.6 Å². The van der Waals surface area contributed by atoms with Crippen molar-refractivity contribution in [3.05, 3.63) is 82.0 Å². The fraction of sp³-hybridized carbons (Fsp3) is 0.143. The summed E-state index contributed by atoms with van der Waals surface area (Å²) in [6.07, 6.45) is 1.41. The van der Waals surface area contributed by atoms with E-state index in [1.807, 2.05) is 36.4 Å². The summed E-state index contributed by atoms with van der Waals surface area (Å²) in [5.41, 5.74) is 1.97. The second-order valence-corrected chi connectivity index (χ2v) is 6.41. The van der Waals surface area contributed by atoms with Gasteiger partial charge in [0.25, 0.3) is 5.56 Å². The van der Waals surface area contributed by atoms with Gasteiger partial charge in [-0.05, 0) is 31.2 Å². The molecule has 0 unspecified atom stereocenters. The van der Waals surface area contributed by atoms with Gasteiger partial charge in [-0.15, -0.1) is 0 Å². The predicted molar refractivity (Wildman–Crippen MR) is 110 cm³/mol. The number of nitrogens with zero attached hydrogens (tertiary/aromatic N) is 5. The number of fused-ring (bicyclic) bond motifs is 1. The average molecular weight is 389 g/mol. The van der Waals surface area contributed by atoms with E-state index in [-0.39, 0.29) is 18.0 Å². The van der Waals surface area contributed by atoms with Crippen molar-refractivity contribution in [2.45, 2.75) is 13.5 Å². The minimum Gasteiger partial charge on any atom is -0.493 e. The Kier molecular flexibility index (Phi) is 4.92. The van der Waals surface area contributed by atoms with E-state index in [2.05, 4.69) is 15.2 Å². The minimum atomic E-state index is -0.313. The van der Waals surface area contributed by atoms with Crippen LogP contribution in [0, 0.1) is 6.92 Å². The van der Waals surface area contributed by atoms with E-state index < -0.39 is 0 Å². The summed E-state index contributed by atoms with van der Waals surface area (Å²) in [4.78, 5) is 17.4. The molecule has 0 aliphatic heterocycles. The Morgan fingerprint density at radius 2 is 1.86 bits per heavy atom. The Morgan fingerprint density at radius 3 is 2.62 bits per heavy atom. The summed E-state index contributed by atoms with van der Waals surface area (Å²) in [6, 6.07) is 16.3. The van der Waals surface area contributed by atoms with Crippen LogP contribution in [0.15, 0.2) is 64.5 Å². The molecule has 146 valence electrons. The lowest BCUT2D eigenvalue weighted by atomic mass is 10.2. The molecule has 8 nitrogen and oxygen atoms in total. The third-order valence-electron chi connectivity index (χ3n) is 4.48. The molecule has 4 rings (SSSR count). The number of benzene rings is 2. The molecule has 0 radical (unpaired) electrons. The number of ether oxygens (including phenoxy) is 1. The van der Waals surface area contributed by atoms with E-state index in [9.17, 15) is 9.90 Å². The van der Waals surface area contributed by atoms with Crippen molar-refractivity contribution in [1.29, 1.82) is 0 Å². The van der Waals surface area contributed by atoms with Gasteiger partial charge in [0, 0.05) is 7.11 Å². The summed E-state index contributed by atoms with van der Waals surface area (Å²) >= 11 is 0. The van der Waals surface area contributed by atoms with Crippen LogP contribution in [-0.4, -0.2) is 37.9 Å². The molecular weight excluding hydrogens is 370 g/mol. The van der Waals surface area contributed by atoms with Crippen LogP contribution < -0.4 is 5.56 Å². The average Bonchev–Trinajstić information content (AvgIpc) is 3.02. The molecule has 0 aliphatic rings. The van der Waals surface area contributed by atoms with Gasteiger partial charge in [0.1, 0.15) is 6.61 Å². The first-order valence-corrected chi connectivity index (χ1v) is 8.98. The van der Waals surface area contributed by atoms with E-state index in [0.717, 1.165) is 5.69 Å². The topological polar surface area (TPSA) is 94.5 Å². The Morgan fingerprint density at radius 1 is 1.14 bits per heavy atom. The molecule has 0 amide bonds. The zero-order valence-corrected chi connectivity index (χ0v) is 16.0. The molecule has 2 aromatic heterocycles. The third-order valence-corrected chi connectivity index (χ3v) is 4.48. The first kappa shape index (κ1) is 18.6. The standard InChI is InChI=1S/C21H19N5O3/c1-14-17(21(28)25(24-14)15-8-4-3-5-9-15)12-22-26-19(13-29-2)23-18-11-7-6-10-16(18)20(26)27/h3-12,28H,13H2,1-2H3/b22-12+. The first-order chi connectivity index (χ1) is 14.1. The van der Waals surface area contributed by atoms with E-state index in [4.69, 9.17) is 4.74 Å². The quantitative estimate of drug-likeness (QED) is 0.530. The monoisotopic (exact) mass is 389 g/mol. The largest absolute Gasteiger partial charge is 0.493 e. The molecule has 0 saturated heterocycles. The van der Waals surface area contributed by atoms with Crippen molar-refractivity contribution in [3.8, 4) is 11.6 Å². The van der Waals surface area contributed by atoms with Crippen LogP contribution in [0.5, 0.6) is 5.88 Å². The second-order valence-electron chi connectivity index (χ2n) is 6.41. The van der Waals surface area contributed by atoms with E-state index in [1.54, 1.807) is 25.1 Å². The van der Waals surface area contributed by atoms with Crippen molar-refractivity contribution in [3.63, 3.8) is 0 Å². The minimum absolute atomic E-state index is 0.0625. The Hall–Kier alpha value is -3.78. The van der Waals surface area contributed by atoms with Crippen molar-refractivity contribution in [1.82, 2.24) is 19.4 Å². The van der Waals surface area contributed by atoms with Gasteiger partial charge in [-0.3, -0.25) is 4.79 Å². The van der Waals surface area contributed by atoms with Crippen LogP contribution in [-0.2, 0) is 11.3 Å². The first-order valence-electron chi connectivity index (χ1n) is 8.98. The van der Waals surface area contributed by atoms with Crippen LogP contribution in [0.3, 0.4) is 0 Å². The predicted octanol–water partition coefficient (Wildman–Crippen LogP) is 2.62. The SMILES string of the molecule is COCc1nc2ccccc2c(=O)n1/N=C/c1c(C)nn(-c2ccccc2)c1O. The highest BCUT2D eigenvalue weighted by Gasteiger charge is 2.15. The number of rotatable bonds is 5. The van der Waals surface area contributed by atoms with Crippen molar-refractivity contribution in [2.75, 3.05) is 7.11 Å². The molecule has 8 heteroatoms. The molecule has 2 heterocycles. The fourth-order valence-electron chi connectivity index (χ4n) is 3.05. The molecule has 4 aromatic rings. The number of aromatic nitrogens is 4. The smallest absolute Gasteiger partial charge is 0.282 e. The van der Waals surface area contributed by atoms with E-state index >= 15 is 0 Å². The second kappa shape index (κ2) is 7.69. The summed E-state index contributed by atoms with van der Waals surface area (Å²) < 4.78 is 7.78. The Bertz CT molecular complexity index is 1260. The fourth-order valence-corrected chi connectivity index (χ4v) is 3.05. The van der Waals surface area contributed by atoms with Crippen molar-refractivity contribution in [2.24, 2.45) is 5.10 Å². The van der Waals surface area contributed by atoms with Crippen LogP contribution >= 0.6 is 0 Å². The molecule has 2 aromatic carbocycles. The van der Waals surface area contributed by atoms with E-state index in [1.165, 1.54) is 22.7 Å². The molecule has 0 fully saturated rings. The molecule has 0 saturated carbocycles. The van der Waals surface area contributed by atoms with Crippen molar-refractivity contribution < 1.29 is 9.84 Å². The third kappa shape index (κ3) is 3.41. The van der Waals surface area contributed by atoms with E-state index in [0.29, 0.717) is 28.0 Å². The summed E-state index contributed by atoms with van der Waals surface area (Å²) in [5.74, 6) is 0.299. The lowest BCUT2D eigenvalue weighted by Crippen LogP contribution is -2.22. The van der Waals surface area contributed by atoms with Gasteiger partial charge in [0.05, 0.1) is 34.1 Å². The molecular formula is C21H19N5O3. The highest BCUT2D eigenvalue weighted by Crippen LogP contribution is 2.23. The maximum atomic E-state index is 12.9. The van der Waals surface area contributed by atoms with Crippen LogP contribution in [0.2, 0.25) is 0 Å². The lowest BCUT2D eigenvalue weighted by molar-refractivity contribution is 0.174. The van der Waals surface area contributed by atoms with Gasteiger partial charge in [-0.25, -0.2) is 9.67 Å². The number of hydrogen-bond acceptors (Lipinski definition) is 6. The molecule has 0 aliphatic carbocycles. The van der Waals surface area contributed by atoms with Gasteiger partial charge >= 0.3 is 0 Å². The number of aryl methyl sites for hydroxylation is 1. The number of methoxy groups -OCH3 is 1. The van der Waals surface area contributed by atoms with Crippen LogP contribution in [0.4, 0.5) is 0 Å². The molecule has 0 atom stereocenters. The van der Waals surface area contributed by atoms with Crippen molar-refractivity contribution >= 4 is 17.1 Å². The van der Waals surface area contributed by atoms with Crippen LogP contribution in [0.1, 0.15) is 17.1 Å². The van der Waals surface area contributed by atoms with Gasteiger partial charge in [-0.2, -0.15) is 14.9 Å². The maximum absolute atomic E-state index is 12.9. The summed E-state index contributed by atoms with van der Waals surface area (Å²) in [7, 11) is 1.52. The normalized spacial score (nSPS) is 11.5. The number of hydrogen-bond donors (Lipinski definition) is 1. The zero-order valence-electron chi connectivity index (χ0n) is 16.0. The highest BCUT2D eigenvalue weighted by atomic mass is 16.5. The molecule has 29 heavy (non-hydrogen) atoms. The van der Waals surface area contributed by atoms with Gasteiger partial charge in [-0.1, -0.05) is 30.3 Å².